The minimum atomic E-state index is -1.41. The van der Waals surface area contributed by atoms with Crippen molar-refractivity contribution in [2.45, 2.75) is 69.1 Å². The summed E-state index contributed by atoms with van der Waals surface area (Å²) in [4.78, 5) is 78.1. The number of carboxylic acid groups (broad SMARTS) is 1. The predicted molar refractivity (Wildman–Crippen MR) is 143 cm³/mol. The normalized spacial score (nSPS) is 17.1. The molecule has 0 aliphatic carbocycles. The Balaban J connectivity index is 1.80. The van der Waals surface area contributed by atoms with Crippen LogP contribution in [0.2, 0.25) is 0 Å². The van der Waals surface area contributed by atoms with Crippen LogP contribution in [0, 0.1) is 0 Å². The summed E-state index contributed by atoms with van der Waals surface area (Å²) in [5, 5.41) is 15.4. The van der Waals surface area contributed by atoms with Gasteiger partial charge in [-0.2, -0.15) is 0 Å². The van der Waals surface area contributed by atoms with Gasteiger partial charge in [-0.3, -0.25) is 24.0 Å². The van der Waals surface area contributed by atoms with Crippen LogP contribution in [0.4, 0.5) is 0 Å². The topological polar surface area (TPSA) is 244 Å². The van der Waals surface area contributed by atoms with Gasteiger partial charge in [0.05, 0.1) is 6.04 Å². The summed E-state index contributed by atoms with van der Waals surface area (Å²) in [5.41, 5.74) is 17.7. The number of nitrogens with zero attached hydrogens (tertiary/aromatic N) is 1. The Morgan fingerprint density at radius 2 is 1.68 bits per heavy atom. The van der Waals surface area contributed by atoms with E-state index < -0.39 is 59.7 Å². The van der Waals surface area contributed by atoms with Crippen LogP contribution in [-0.4, -0.2) is 81.2 Å². The number of nitrogens with one attached hydrogen (secondary N) is 3. The number of hydrogen-bond donors (Lipinski definition) is 7. The van der Waals surface area contributed by atoms with Crippen molar-refractivity contribution < 1.29 is 33.9 Å². The summed E-state index contributed by atoms with van der Waals surface area (Å²) in [6.45, 7) is 0.273. The Morgan fingerprint density at radius 1 is 1.00 bits per heavy atom. The summed E-state index contributed by atoms with van der Waals surface area (Å²) in [6, 6.07) is 2.81. The molecule has 10 N–H and O–H groups in total. The molecule has 5 amide bonds. The van der Waals surface area contributed by atoms with Crippen molar-refractivity contribution >= 4 is 46.4 Å². The number of carbonyl (C=O) groups excluding carboxylic acids is 5. The second kappa shape index (κ2) is 13.6. The number of carboxylic acids is 1. The van der Waals surface area contributed by atoms with Gasteiger partial charge in [0.25, 0.3) is 0 Å². The quantitative estimate of drug-likeness (QED) is 0.145. The Hall–Kier alpha value is -4.46. The number of aromatic amines is 1. The van der Waals surface area contributed by atoms with Gasteiger partial charge in [-0.05, 0) is 37.3 Å². The van der Waals surface area contributed by atoms with E-state index in [0.717, 1.165) is 10.9 Å². The maximum atomic E-state index is 13.4. The molecule has 4 unspecified atom stereocenters. The fourth-order valence-corrected chi connectivity index (χ4v) is 4.75. The molecule has 1 aromatic heterocycles. The van der Waals surface area contributed by atoms with E-state index >= 15 is 0 Å². The molecule has 1 fully saturated rings. The lowest BCUT2D eigenvalue weighted by atomic mass is 10.0. The zero-order chi connectivity index (χ0) is 29.4. The molecule has 1 saturated heterocycles. The van der Waals surface area contributed by atoms with Crippen molar-refractivity contribution in [2.75, 3.05) is 6.54 Å². The van der Waals surface area contributed by atoms with Crippen molar-refractivity contribution in [3.05, 3.63) is 36.0 Å². The first kappa shape index (κ1) is 30.1. The summed E-state index contributed by atoms with van der Waals surface area (Å²) in [7, 11) is 0. The number of hydrogen-bond acceptors (Lipinski definition) is 7. The number of primary amides is 2. The van der Waals surface area contributed by atoms with E-state index in [9.17, 15) is 33.9 Å². The average molecular weight is 558 g/mol. The lowest BCUT2D eigenvalue weighted by Crippen LogP contribution is -2.57. The standard InChI is InChI=1S/C26H35N7O7/c27-16(7-9-21(28)34)25(38)33-11-3-6-20(33)24(37)32-19(12-14-13-30-17-5-2-1-4-15(14)17)23(36)31-18(26(39)40)8-10-22(29)35/h1-2,4-5,13,16,18-20,30H,3,6-12,27H2,(H2,28,34)(H2,29,35)(H,31,36)(H,32,37)(H,39,40). The first-order chi connectivity index (χ1) is 19.0. The molecule has 216 valence electrons. The second-order valence-corrected chi connectivity index (χ2v) is 9.83. The number of aliphatic carboxylic acids is 1. The third-order valence-corrected chi connectivity index (χ3v) is 6.88. The molecule has 0 saturated carbocycles. The Kier molecular flexibility index (Phi) is 10.2. The van der Waals surface area contributed by atoms with Crippen LogP contribution < -0.4 is 27.8 Å². The van der Waals surface area contributed by atoms with Gasteiger partial charge in [-0.25, -0.2) is 4.79 Å². The van der Waals surface area contributed by atoms with E-state index in [1.54, 1.807) is 6.20 Å². The Labute approximate surface area is 230 Å². The minimum absolute atomic E-state index is 0.0164. The predicted octanol–water partition coefficient (Wildman–Crippen LogP) is -1.39. The molecule has 4 atom stereocenters. The molecule has 14 nitrogen and oxygen atoms in total. The molecule has 40 heavy (non-hydrogen) atoms. The zero-order valence-corrected chi connectivity index (χ0v) is 21.9. The fourth-order valence-electron chi connectivity index (χ4n) is 4.75. The molecule has 2 aromatic rings. The first-order valence-corrected chi connectivity index (χ1v) is 13.0. The number of nitrogens with two attached hydrogens (primary N) is 3. The van der Waals surface area contributed by atoms with E-state index in [1.807, 2.05) is 24.3 Å². The maximum absolute atomic E-state index is 13.4. The molecule has 0 spiro atoms. The van der Waals surface area contributed by atoms with E-state index in [-0.39, 0.29) is 38.6 Å². The molecule has 1 aliphatic rings. The lowest BCUT2D eigenvalue weighted by molar-refractivity contribution is -0.143. The fraction of sp³-hybridized carbons (Fsp3) is 0.462. The molecule has 3 rings (SSSR count). The van der Waals surface area contributed by atoms with E-state index in [0.29, 0.717) is 18.4 Å². The van der Waals surface area contributed by atoms with Crippen LogP contribution >= 0.6 is 0 Å². The average Bonchev–Trinajstić information content (AvgIpc) is 3.56. The Bertz CT molecular complexity index is 1280. The third-order valence-electron chi connectivity index (χ3n) is 6.88. The largest absolute Gasteiger partial charge is 0.480 e. The highest BCUT2D eigenvalue weighted by Crippen LogP contribution is 2.22. The SMILES string of the molecule is NC(=O)CCC(N)C(=O)N1CCCC1C(=O)NC(Cc1c[nH]c2ccccc12)C(=O)NC(CCC(N)=O)C(=O)O. The second-order valence-electron chi connectivity index (χ2n) is 9.83. The van der Waals surface area contributed by atoms with E-state index in [4.69, 9.17) is 17.2 Å². The van der Waals surface area contributed by atoms with Crippen molar-refractivity contribution in [3.63, 3.8) is 0 Å². The highest BCUT2D eigenvalue weighted by atomic mass is 16.4. The van der Waals surface area contributed by atoms with Crippen LogP contribution in [0.25, 0.3) is 10.9 Å². The van der Waals surface area contributed by atoms with Crippen molar-refractivity contribution in [3.8, 4) is 0 Å². The first-order valence-electron chi connectivity index (χ1n) is 13.0. The monoisotopic (exact) mass is 557 g/mol. The van der Waals surface area contributed by atoms with Crippen molar-refractivity contribution in [1.29, 1.82) is 0 Å². The van der Waals surface area contributed by atoms with Crippen LogP contribution in [0.1, 0.15) is 44.1 Å². The number of benzene rings is 1. The number of H-pyrrole nitrogens is 1. The molecule has 1 aromatic carbocycles. The maximum Gasteiger partial charge on any atom is 0.326 e. The molecule has 1 aliphatic heterocycles. The number of likely N-dealkylation sites (tertiary alicyclic amines) is 1. The van der Waals surface area contributed by atoms with Gasteiger partial charge in [0.2, 0.25) is 29.5 Å². The van der Waals surface area contributed by atoms with Crippen LogP contribution in [0.15, 0.2) is 30.5 Å². The van der Waals surface area contributed by atoms with Crippen molar-refractivity contribution in [1.82, 2.24) is 20.5 Å². The van der Waals surface area contributed by atoms with Gasteiger partial charge in [0.15, 0.2) is 0 Å². The van der Waals surface area contributed by atoms with Crippen molar-refractivity contribution in [2.24, 2.45) is 17.2 Å². The van der Waals surface area contributed by atoms with E-state index in [1.165, 1.54) is 4.90 Å². The van der Waals surface area contributed by atoms with Gasteiger partial charge in [0, 0.05) is 42.9 Å². The molecule has 0 bridgehead atoms. The minimum Gasteiger partial charge on any atom is -0.480 e. The number of carbonyl (C=O) groups is 6. The highest BCUT2D eigenvalue weighted by Gasteiger charge is 2.38. The number of rotatable bonds is 14. The van der Waals surface area contributed by atoms with Gasteiger partial charge >= 0.3 is 5.97 Å². The molecular formula is C26H35N7O7. The van der Waals surface area contributed by atoms with Gasteiger partial charge < -0.3 is 42.8 Å². The summed E-state index contributed by atoms with van der Waals surface area (Å²) >= 11 is 0. The molecule has 14 heteroatoms. The lowest BCUT2D eigenvalue weighted by Gasteiger charge is -2.28. The van der Waals surface area contributed by atoms with E-state index in [2.05, 4.69) is 15.6 Å². The van der Waals surface area contributed by atoms with Gasteiger partial charge in [0.1, 0.15) is 18.1 Å². The number of fused-ring (bicyclic) bond motifs is 1. The number of para-hydroxylation sites is 1. The Morgan fingerprint density at radius 3 is 2.35 bits per heavy atom. The summed E-state index contributed by atoms with van der Waals surface area (Å²) in [5.74, 6) is -4.55. The van der Waals surface area contributed by atoms with Gasteiger partial charge in [-0.15, -0.1) is 0 Å². The highest BCUT2D eigenvalue weighted by molar-refractivity contribution is 5.95. The number of aromatic nitrogens is 1. The van der Waals surface area contributed by atoms with Crippen LogP contribution in [0.3, 0.4) is 0 Å². The number of amides is 5. The third kappa shape index (κ3) is 7.79. The molecular weight excluding hydrogens is 522 g/mol. The molecule has 0 radical (unpaired) electrons. The summed E-state index contributed by atoms with van der Waals surface area (Å²) in [6.07, 6.45) is 2.05. The zero-order valence-electron chi connectivity index (χ0n) is 21.9. The molecule has 2 heterocycles. The summed E-state index contributed by atoms with van der Waals surface area (Å²) < 4.78 is 0. The van der Waals surface area contributed by atoms with Crippen LogP contribution in [-0.2, 0) is 35.2 Å². The smallest absolute Gasteiger partial charge is 0.326 e. The van der Waals surface area contributed by atoms with Crippen LogP contribution in [0.5, 0.6) is 0 Å². The van der Waals surface area contributed by atoms with Gasteiger partial charge in [-0.1, -0.05) is 18.2 Å².